The first-order chi connectivity index (χ1) is 16.0. The normalized spacial score (nSPS) is 25.0. The van der Waals surface area contributed by atoms with Crippen LogP contribution in [0, 0.1) is 16.2 Å². The fraction of sp³-hybridized carbons (Fsp3) is 0.909. The van der Waals surface area contributed by atoms with Crippen molar-refractivity contribution >= 4 is 11.9 Å². The monoisotopic (exact) mass is 566 g/mol. The van der Waals surface area contributed by atoms with E-state index < -0.39 is 77.7 Å². The molecule has 0 aromatic heterocycles. The third kappa shape index (κ3) is 4.87. The lowest BCUT2D eigenvalue weighted by Crippen LogP contribution is -2.84. The number of halogens is 11. The topological polar surface area (TPSA) is 52.6 Å². The summed E-state index contributed by atoms with van der Waals surface area (Å²) in [5.74, 6) is -38.8. The molecule has 1 aliphatic carbocycles. The summed E-state index contributed by atoms with van der Waals surface area (Å²) in [6.07, 6.45) is -0.827. The van der Waals surface area contributed by atoms with Crippen molar-refractivity contribution in [3.05, 3.63) is 0 Å². The Hall–Kier alpha value is -1.83. The van der Waals surface area contributed by atoms with Crippen LogP contribution in [0.3, 0.4) is 0 Å². The highest BCUT2D eigenvalue weighted by Gasteiger charge is 3.01. The number of carbonyl (C=O) groups is 2. The van der Waals surface area contributed by atoms with E-state index >= 15 is 0 Å². The smallest absolute Gasteiger partial charge is 0.384 e. The molecule has 4 nitrogen and oxygen atoms in total. The maximum atomic E-state index is 14.6. The van der Waals surface area contributed by atoms with Gasteiger partial charge in [-0.15, -0.1) is 0 Å². The molecule has 0 aliphatic heterocycles. The lowest BCUT2D eigenvalue weighted by molar-refractivity contribution is -0.487. The highest BCUT2D eigenvalue weighted by molar-refractivity contribution is 5.78. The summed E-state index contributed by atoms with van der Waals surface area (Å²) in [6, 6.07) is 0. The minimum atomic E-state index is -7.35. The van der Waals surface area contributed by atoms with Crippen molar-refractivity contribution in [3.63, 3.8) is 0 Å². The number of hydrogen-bond acceptors (Lipinski definition) is 4. The molecule has 218 valence electrons. The fourth-order valence-electron chi connectivity index (χ4n) is 3.81. The van der Waals surface area contributed by atoms with Gasteiger partial charge in [0.1, 0.15) is 13.2 Å². The Kier molecular flexibility index (Phi) is 8.19. The third-order valence-electron chi connectivity index (χ3n) is 6.53. The van der Waals surface area contributed by atoms with Gasteiger partial charge >= 0.3 is 41.6 Å². The molecular formula is C22H29F11O4. The second kappa shape index (κ2) is 9.13. The Balaban J connectivity index is 3.03. The van der Waals surface area contributed by atoms with Gasteiger partial charge in [0.05, 0.1) is 11.8 Å². The van der Waals surface area contributed by atoms with E-state index in [4.69, 9.17) is 4.74 Å². The third-order valence-corrected chi connectivity index (χ3v) is 6.53. The standard InChI is InChI=1S/C22H29F11O4/c1-14(2,3)10-16(7,15(4,5)6)13(35)36-9-8-12(34)37-11-17(23)18(24,25)20(28,29)22(32,33)21(30,31)19(17,26)27/h8-11H2,1-7H3. The molecule has 1 unspecified atom stereocenters. The highest BCUT2D eigenvalue weighted by atomic mass is 19.4. The van der Waals surface area contributed by atoms with Crippen LogP contribution in [0.2, 0.25) is 0 Å². The second-order valence-electron chi connectivity index (χ2n) is 11.5. The number of alkyl halides is 11. The van der Waals surface area contributed by atoms with E-state index in [9.17, 15) is 57.9 Å². The molecule has 1 fully saturated rings. The molecule has 0 radical (unpaired) electrons. The van der Waals surface area contributed by atoms with Crippen LogP contribution in [0.25, 0.3) is 0 Å². The summed E-state index contributed by atoms with van der Waals surface area (Å²) >= 11 is 0. The summed E-state index contributed by atoms with van der Waals surface area (Å²) in [4.78, 5) is 24.5. The molecule has 0 saturated heterocycles. The first kappa shape index (κ1) is 33.2. The van der Waals surface area contributed by atoms with Gasteiger partial charge in [-0.3, -0.25) is 9.59 Å². The van der Waals surface area contributed by atoms with Crippen molar-refractivity contribution in [1.82, 2.24) is 0 Å². The van der Waals surface area contributed by atoms with Crippen LogP contribution in [0.4, 0.5) is 48.3 Å². The van der Waals surface area contributed by atoms with Crippen LogP contribution in [0.5, 0.6) is 0 Å². The van der Waals surface area contributed by atoms with Gasteiger partial charge in [0.2, 0.25) is 0 Å². The van der Waals surface area contributed by atoms with Crippen molar-refractivity contribution in [2.24, 2.45) is 16.2 Å². The first-order valence-corrected chi connectivity index (χ1v) is 10.9. The van der Waals surface area contributed by atoms with Crippen molar-refractivity contribution < 1.29 is 67.4 Å². The minimum Gasteiger partial charge on any atom is -0.465 e. The quantitative estimate of drug-likeness (QED) is 0.250. The van der Waals surface area contributed by atoms with Gasteiger partial charge < -0.3 is 9.47 Å². The number of carbonyl (C=O) groups excluding carboxylic acids is 2. The summed E-state index contributed by atoms with van der Waals surface area (Å²) in [5, 5.41) is 0. The number of hydrogen-bond donors (Lipinski definition) is 0. The summed E-state index contributed by atoms with van der Waals surface area (Å²) < 4.78 is 159. The Morgan fingerprint density at radius 3 is 1.35 bits per heavy atom. The fourth-order valence-corrected chi connectivity index (χ4v) is 3.81. The van der Waals surface area contributed by atoms with E-state index in [1.54, 1.807) is 27.7 Å². The van der Waals surface area contributed by atoms with E-state index in [0.29, 0.717) is 0 Å². The van der Waals surface area contributed by atoms with Crippen LogP contribution >= 0.6 is 0 Å². The lowest BCUT2D eigenvalue weighted by atomic mass is 9.61. The molecule has 0 heterocycles. The van der Waals surface area contributed by atoms with Crippen LogP contribution < -0.4 is 0 Å². The summed E-state index contributed by atoms with van der Waals surface area (Å²) in [6.45, 7) is 8.21. The van der Waals surface area contributed by atoms with Gasteiger partial charge in [-0.05, 0) is 24.2 Å². The van der Waals surface area contributed by atoms with Crippen LogP contribution in [0.1, 0.15) is 61.3 Å². The Morgan fingerprint density at radius 1 is 0.622 bits per heavy atom. The molecule has 0 amide bonds. The SMILES string of the molecule is CC(C)(C)CC(C)(C(=O)OCCC(=O)OCC1(F)C(F)(F)C(F)(F)C(F)(F)C(F)(F)C1(F)F)C(C)(C)C. The molecule has 0 aromatic carbocycles. The van der Waals surface area contributed by atoms with E-state index in [1.807, 2.05) is 20.8 Å². The molecule has 1 atom stereocenters. The Morgan fingerprint density at radius 2 is 1.00 bits per heavy atom. The number of esters is 2. The van der Waals surface area contributed by atoms with Crippen LogP contribution in [-0.4, -0.2) is 60.4 Å². The molecule has 1 rings (SSSR count). The van der Waals surface area contributed by atoms with Gasteiger partial charge in [-0.1, -0.05) is 41.5 Å². The van der Waals surface area contributed by atoms with Gasteiger partial charge in [-0.25, -0.2) is 4.39 Å². The van der Waals surface area contributed by atoms with Crippen molar-refractivity contribution in [3.8, 4) is 0 Å². The predicted molar refractivity (Wildman–Crippen MR) is 107 cm³/mol. The molecule has 0 bridgehead atoms. The van der Waals surface area contributed by atoms with Gasteiger partial charge in [-0.2, -0.15) is 43.9 Å². The molecule has 1 saturated carbocycles. The Bertz CT molecular complexity index is 858. The molecule has 0 aromatic rings. The largest absolute Gasteiger partial charge is 0.465 e. The average Bonchev–Trinajstić information content (AvgIpc) is 2.68. The number of rotatable bonds is 7. The zero-order valence-electron chi connectivity index (χ0n) is 21.1. The maximum Gasteiger partial charge on any atom is 0.384 e. The van der Waals surface area contributed by atoms with E-state index in [-0.39, 0.29) is 11.8 Å². The van der Waals surface area contributed by atoms with Crippen LogP contribution in [-0.2, 0) is 19.1 Å². The van der Waals surface area contributed by atoms with E-state index in [0.717, 1.165) is 0 Å². The van der Waals surface area contributed by atoms with E-state index in [2.05, 4.69) is 4.74 Å². The summed E-state index contributed by atoms with van der Waals surface area (Å²) in [5.41, 5.74) is -8.63. The van der Waals surface area contributed by atoms with Crippen molar-refractivity contribution in [1.29, 1.82) is 0 Å². The summed E-state index contributed by atoms with van der Waals surface area (Å²) in [7, 11) is 0. The molecule has 0 spiro atoms. The zero-order valence-corrected chi connectivity index (χ0v) is 21.1. The van der Waals surface area contributed by atoms with Gasteiger partial charge in [0.15, 0.2) is 0 Å². The lowest BCUT2D eigenvalue weighted by Gasteiger charge is -2.52. The van der Waals surface area contributed by atoms with Gasteiger partial charge in [0.25, 0.3) is 5.67 Å². The van der Waals surface area contributed by atoms with Crippen LogP contribution in [0.15, 0.2) is 0 Å². The highest BCUT2D eigenvalue weighted by Crippen LogP contribution is 2.69. The molecular weight excluding hydrogens is 537 g/mol. The second-order valence-corrected chi connectivity index (χ2v) is 11.5. The van der Waals surface area contributed by atoms with Crippen molar-refractivity contribution in [2.75, 3.05) is 13.2 Å². The predicted octanol–water partition coefficient (Wildman–Crippen LogP) is 6.85. The molecule has 37 heavy (non-hydrogen) atoms. The molecule has 0 N–H and O–H groups in total. The minimum absolute atomic E-state index is 0.286. The van der Waals surface area contributed by atoms with Gasteiger partial charge in [0, 0.05) is 0 Å². The Labute approximate surface area is 206 Å². The molecule has 1 aliphatic rings. The molecule has 15 heteroatoms. The zero-order chi connectivity index (χ0) is 29.9. The van der Waals surface area contributed by atoms with E-state index in [1.165, 1.54) is 0 Å². The van der Waals surface area contributed by atoms with Crippen molar-refractivity contribution in [2.45, 2.75) is 96.6 Å². The number of ether oxygens (including phenoxy) is 2. The maximum absolute atomic E-state index is 14.6. The first-order valence-electron chi connectivity index (χ1n) is 10.9. The average molecular weight is 566 g/mol.